The van der Waals surface area contributed by atoms with Gasteiger partial charge >= 0.3 is 16.9 Å². The van der Waals surface area contributed by atoms with Gasteiger partial charge in [-0.3, -0.25) is 29.1 Å². The van der Waals surface area contributed by atoms with Crippen molar-refractivity contribution in [3.63, 3.8) is 0 Å². The number of nitrogens with one attached hydrogen (secondary N) is 1. The fourth-order valence-corrected chi connectivity index (χ4v) is 1.47. The minimum atomic E-state index is -1.01. The first-order valence-corrected chi connectivity index (χ1v) is 4.94. The number of nitrogens with zero attached hydrogens (tertiary/aromatic N) is 4. The van der Waals surface area contributed by atoms with Gasteiger partial charge in [-0.25, -0.2) is 4.79 Å². The monoisotopic (exact) mass is 251 g/mol. The van der Waals surface area contributed by atoms with Gasteiger partial charge in [-0.2, -0.15) is 5.10 Å². The van der Waals surface area contributed by atoms with Gasteiger partial charge in [0.25, 0.3) is 0 Å². The summed E-state index contributed by atoms with van der Waals surface area (Å²) in [6.45, 7) is 0.0529. The van der Waals surface area contributed by atoms with Crippen molar-refractivity contribution in [3.05, 3.63) is 55.1 Å². The molecule has 0 fully saturated rings. The molecule has 0 bridgehead atoms. The summed E-state index contributed by atoms with van der Waals surface area (Å²) in [5.41, 5.74) is -1.84. The van der Waals surface area contributed by atoms with E-state index in [1.165, 1.54) is 0 Å². The van der Waals surface area contributed by atoms with Gasteiger partial charge in [-0.05, 0) is 6.07 Å². The molecule has 0 spiro atoms. The van der Waals surface area contributed by atoms with Crippen LogP contribution in [0, 0.1) is 10.1 Å². The first kappa shape index (κ1) is 11.8. The molecule has 94 valence electrons. The summed E-state index contributed by atoms with van der Waals surface area (Å²) in [5.74, 6) is 0. The quantitative estimate of drug-likeness (QED) is 0.567. The zero-order valence-electron chi connectivity index (χ0n) is 9.36. The lowest BCUT2D eigenvalue weighted by atomic mass is 10.4. The Balaban J connectivity index is 2.45. The lowest BCUT2D eigenvalue weighted by molar-refractivity contribution is -0.386. The molecule has 2 rings (SSSR count). The minimum absolute atomic E-state index is 0.0529. The zero-order valence-corrected chi connectivity index (χ0v) is 9.36. The Labute approximate surface area is 99.5 Å². The van der Waals surface area contributed by atoms with E-state index in [4.69, 9.17) is 0 Å². The third-order valence-corrected chi connectivity index (χ3v) is 2.29. The second kappa shape index (κ2) is 4.28. The number of aryl methyl sites for hydroxylation is 1. The summed E-state index contributed by atoms with van der Waals surface area (Å²) in [6.07, 6.45) is 2.59. The molecule has 2 aromatic heterocycles. The van der Waals surface area contributed by atoms with Gasteiger partial charge in [0.1, 0.15) is 0 Å². The second-order valence-electron chi connectivity index (χ2n) is 3.64. The Morgan fingerprint density at radius 2 is 2.22 bits per heavy atom. The number of aromatic nitrogens is 4. The molecule has 0 amide bonds. The standard InChI is InChI=1S/C9H9N5O4/c1-12-3-2-6(11-12)4-13-5-7(14(17)18)8(15)10-9(13)16/h2-3,5H,4H2,1H3,(H,10,15,16). The van der Waals surface area contributed by atoms with Crippen molar-refractivity contribution < 1.29 is 4.92 Å². The lowest BCUT2D eigenvalue weighted by Crippen LogP contribution is -2.31. The molecule has 0 aliphatic heterocycles. The number of hydrogen-bond donors (Lipinski definition) is 1. The minimum Gasteiger partial charge on any atom is -0.288 e. The first-order chi connectivity index (χ1) is 8.47. The molecular weight excluding hydrogens is 242 g/mol. The van der Waals surface area contributed by atoms with Crippen LogP contribution in [-0.4, -0.2) is 24.3 Å². The summed E-state index contributed by atoms with van der Waals surface area (Å²) in [6, 6.07) is 1.67. The van der Waals surface area contributed by atoms with Gasteiger partial charge in [0.2, 0.25) is 0 Å². The van der Waals surface area contributed by atoms with E-state index in [-0.39, 0.29) is 6.54 Å². The number of rotatable bonds is 3. The molecule has 0 unspecified atom stereocenters. The first-order valence-electron chi connectivity index (χ1n) is 4.94. The van der Waals surface area contributed by atoms with E-state index in [2.05, 4.69) is 5.10 Å². The maximum absolute atomic E-state index is 11.5. The number of H-pyrrole nitrogens is 1. The highest BCUT2D eigenvalue weighted by Gasteiger charge is 2.15. The van der Waals surface area contributed by atoms with E-state index in [1.807, 2.05) is 4.98 Å². The van der Waals surface area contributed by atoms with E-state index >= 15 is 0 Å². The van der Waals surface area contributed by atoms with Crippen molar-refractivity contribution in [2.24, 2.45) is 7.05 Å². The van der Waals surface area contributed by atoms with Crippen LogP contribution in [0.1, 0.15) is 5.69 Å². The van der Waals surface area contributed by atoms with Crippen molar-refractivity contribution in [1.82, 2.24) is 19.3 Å². The molecule has 2 heterocycles. The van der Waals surface area contributed by atoms with E-state index < -0.39 is 21.9 Å². The molecule has 1 N–H and O–H groups in total. The molecular formula is C9H9N5O4. The Hall–Kier alpha value is -2.71. The maximum atomic E-state index is 11.5. The average Bonchev–Trinajstić information content (AvgIpc) is 2.67. The van der Waals surface area contributed by atoms with Gasteiger partial charge in [0.15, 0.2) is 0 Å². The lowest BCUT2D eigenvalue weighted by Gasteiger charge is -2.01. The van der Waals surface area contributed by atoms with Crippen LogP contribution in [-0.2, 0) is 13.6 Å². The highest BCUT2D eigenvalue weighted by molar-refractivity contribution is 5.21. The largest absolute Gasteiger partial charge is 0.350 e. The van der Waals surface area contributed by atoms with Crippen molar-refractivity contribution in [2.75, 3.05) is 0 Å². The van der Waals surface area contributed by atoms with Crippen LogP contribution < -0.4 is 11.2 Å². The van der Waals surface area contributed by atoms with Gasteiger partial charge in [-0.15, -0.1) is 0 Å². The molecule has 0 radical (unpaired) electrons. The van der Waals surface area contributed by atoms with Crippen LogP contribution in [0.2, 0.25) is 0 Å². The molecule has 0 aliphatic rings. The van der Waals surface area contributed by atoms with Crippen LogP contribution in [0.3, 0.4) is 0 Å². The summed E-state index contributed by atoms with van der Waals surface area (Å²) >= 11 is 0. The van der Waals surface area contributed by atoms with E-state index in [1.54, 1.807) is 24.0 Å². The molecule has 0 saturated carbocycles. The fraction of sp³-hybridized carbons (Fsp3) is 0.222. The molecule has 9 heteroatoms. The number of aromatic amines is 1. The van der Waals surface area contributed by atoms with Crippen molar-refractivity contribution in [2.45, 2.75) is 6.54 Å². The zero-order chi connectivity index (χ0) is 13.3. The molecule has 0 aliphatic carbocycles. The molecule has 0 atom stereocenters. The predicted octanol–water partition coefficient (Wildman–Crippen LogP) is -0.773. The normalized spacial score (nSPS) is 10.5. The molecule has 0 aromatic carbocycles. The summed E-state index contributed by atoms with van der Waals surface area (Å²) in [5, 5.41) is 14.6. The van der Waals surface area contributed by atoms with Gasteiger partial charge in [-0.1, -0.05) is 0 Å². The summed E-state index contributed by atoms with van der Waals surface area (Å²) < 4.78 is 2.57. The average molecular weight is 251 g/mol. The van der Waals surface area contributed by atoms with Crippen LogP contribution in [0.4, 0.5) is 5.69 Å². The third-order valence-electron chi connectivity index (χ3n) is 2.29. The summed E-state index contributed by atoms with van der Waals surface area (Å²) in [4.78, 5) is 34.3. The van der Waals surface area contributed by atoms with Crippen LogP contribution in [0.25, 0.3) is 0 Å². The van der Waals surface area contributed by atoms with E-state index in [0.717, 1.165) is 10.8 Å². The third kappa shape index (κ3) is 2.19. The Kier molecular flexibility index (Phi) is 2.80. The summed E-state index contributed by atoms with van der Waals surface area (Å²) in [7, 11) is 1.71. The Morgan fingerprint density at radius 3 is 2.78 bits per heavy atom. The van der Waals surface area contributed by atoms with Gasteiger partial charge in [0, 0.05) is 13.2 Å². The van der Waals surface area contributed by atoms with Crippen molar-refractivity contribution in [3.8, 4) is 0 Å². The molecule has 9 nitrogen and oxygen atoms in total. The van der Waals surface area contributed by atoms with Gasteiger partial charge < -0.3 is 0 Å². The Bertz CT molecular complexity index is 710. The van der Waals surface area contributed by atoms with Gasteiger partial charge in [0.05, 0.1) is 23.4 Å². The topological polar surface area (TPSA) is 116 Å². The molecule has 2 aromatic rings. The fourth-order valence-electron chi connectivity index (χ4n) is 1.47. The van der Waals surface area contributed by atoms with Crippen molar-refractivity contribution in [1.29, 1.82) is 0 Å². The molecule has 0 saturated heterocycles. The van der Waals surface area contributed by atoms with E-state index in [9.17, 15) is 19.7 Å². The maximum Gasteiger partial charge on any atom is 0.350 e. The number of nitro groups is 1. The number of hydrogen-bond acceptors (Lipinski definition) is 5. The smallest absolute Gasteiger partial charge is 0.288 e. The predicted molar refractivity (Wildman–Crippen MR) is 60.3 cm³/mol. The highest BCUT2D eigenvalue weighted by Crippen LogP contribution is 2.01. The van der Waals surface area contributed by atoms with Crippen LogP contribution >= 0.6 is 0 Å². The Morgan fingerprint density at radius 1 is 1.50 bits per heavy atom. The van der Waals surface area contributed by atoms with Crippen LogP contribution in [0.5, 0.6) is 0 Å². The molecule has 18 heavy (non-hydrogen) atoms. The van der Waals surface area contributed by atoms with Crippen LogP contribution in [0.15, 0.2) is 28.0 Å². The van der Waals surface area contributed by atoms with Crippen molar-refractivity contribution >= 4 is 5.69 Å². The second-order valence-corrected chi connectivity index (χ2v) is 3.64. The SMILES string of the molecule is Cn1ccc(Cn2cc([N+](=O)[O-])c(=O)[nH]c2=O)n1. The highest BCUT2D eigenvalue weighted by atomic mass is 16.6. The van der Waals surface area contributed by atoms with E-state index in [0.29, 0.717) is 5.69 Å².